The Morgan fingerprint density at radius 3 is 1.23 bits per heavy atom. The van der Waals surface area contributed by atoms with Gasteiger partial charge in [-0.1, -0.05) is 144 Å². The molecule has 5 aromatic rings. The van der Waals surface area contributed by atoms with Gasteiger partial charge in [0, 0.05) is 59.0 Å². The molecular formula is C66H68F10N4O4S2Ti. The number of thiocarbonyl (C=S) groups is 1. The van der Waals surface area contributed by atoms with Crippen molar-refractivity contribution in [2.45, 2.75) is 116 Å². The van der Waals surface area contributed by atoms with E-state index in [1.54, 1.807) is 48.2 Å². The van der Waals surface area contributed by atoms with Gasteiger partial charge in [-0.3, -0.25) is 46.5 Å². The van der Waals surface area contributed by atoms with Crippen molar-refractivity contribution in [2.24, 2.45) is 0 Å². The van der Waals surface area contributed by atoms with Crippen LogP contribution in [-0.4, -0.2) is 64.5 Å². The summed E-state index contributed by atoms with van der Waals surface area (Å²) in [5.74, 6) is -21.1. The molecule has 11 rings (SSSR count). The number of carbonyl (C=O) groups excluding carboxylic acids is 4. The number of amides is 2. The fourth-order valence-corrected chi connectivity index (χ4v) is 11.4. The van der Waals surface area contributed by atoms with E-state index < -0.39 is 58.2 Å². The second-order valence-electron chi connectivity index (χ2n) is 19.9. The third kappa shape index (κ3) is 17.2. The summed E-state index contributed by atoms with van der Waals surface area (Å²) in [6.07, 6.45) is 22.1. The van der Waals surface area contributed by atoms with Gasteiger partial charge in [-0.2, -0.15) is 0 Å². The molecule has 2 amide bonds. The summed E-state index contributed by atoms with van der Waals surface area (Å²) < 4.78 is 120. The van der Waals surface area contributed by atoms with E-state index in [0.717, 1.165) is 35.9 Å². The van der Waals surface area contributed by atoms with E-state index in [9.17, 15) is 63.1 Å². The van der Waals surface area contributed by atoms with Crippen LogP contribution in [0.25, 0.3) is 0 Å². The van der Waals surface area contributed by atoms with Crippen molar-refractivity contribution in [3.05, 3.63) is 221 Å². The molecule has 8 nitrogen and oxygen atoms in total. The molecule has 0 unspecified atom stereocenters. The van der Waals surface area contributed by atoms with Crippen LogP contribution in [0.3, 0.4) is 0 Å². The van der Waals surface area contributed by atoms with Crippen LogP contribution in [0, 0.1) is 85.2 Å². The number of carbonyl (C=O) groups is 4. The smallest absolute Gasteiger partial charge is 0.358 e. The summed E-state index contributed by atoms with van der Waals surface area (Å²) >= 11 is 6.98. The number of halogens is 10. The first-order chi connectivity index (χ1) is 40.1. The van der Waals surface area contributed by atoms with Crippen LogP contribution in [0.5, 0.6) is 0 Å². The van der Waals surface area contributed by atoms with Gasteiger partial charge in [-0.05, 0) is 88.0 Å². The quantitative estimate of drug-likeness (QED) is 0.0243. The molecule has 0 N–H and O–H groups in total. The van der Waals surface area contributed by atoms with Crippen LogP contribution in [-0.2, 0) is 36.7 Å². The molecule has 0 spiro atoms. The van der Waals surface area contributed by atoms with Crippen molar-refractivity contribution in [3.63, 3.8) is 0 Å². The van der Waals surface area contributed by atoms with Crippen LogP contribution in [0.4, 0.5) is 55.3 Å². The Morgan fingerprint density at radius 1 is 0.471 bits per heavy atom. The number of hydrogen-bond donors (Lipinski definition) is 0. The molecule has 0 bridgehead atoms. The Labute approximate surface area is 528 Å². The van der Waals surface area contributed by atoms with Crippen molar-refractivity contribution >= 4 is 63.8 Å². The van der Waals surface area contributed by atoms with Crippen molar-refractivity contribution in [1.29, 1.82) is 0 Å². The molecule has 3 fully saturated rings. The molecule has 462 valence electrons. The molecule has 6 aliphatic rings. The van der Waals surface area contributed by atoms with Gasteiger partial charge in [-0.25, -0.2) is 26.3 Å². The van der Waals surface area contributed by atoms with E-state index in [1.165, 1.54) is 95.8 Å². The average molecular weight is 1280 g/mol. The largest absolute Gasteiger partial charge is 4.00 e. The fourth-order valence-electron chi connectivity index (χ4n) is 9.89. The van der Waals surface area contributed by atoms with Crippen LogP contribution in [0.2, 0.25) is 0 Å². The summed E-state index contributed by atoms with van der Waals surface area (Å²) in [4.78, 5) is 59.2. The number of hydrogen-bond acceptors (Lipinski definition) is 8. The molecule has 21 heteroatoms. The fraction of sp³-hybridized carbons (Fsp3) is 0.318. The van der Waals surface area contributed by atoms with Crippen LogP contribution in [0.15, 0.2) is 124 Å². The monoisotopic (exact) mass is 1280 g/mol. The van der Waals surface area contributed by atoms with Gasteiger partial charge in [-0.15, -0.1) is 12.1 Å². The molecule has 3 aliphatic heterocycles. The normalized spacial score (nSPS) is 16.7. The molecular weight excluding hydrogens is 1210 g/mol. The third-order valence-corrected chi connectivity index (χ3v) is 15.9. The van der Waals surface area contributed by atoms with E-state index in [0.29, 0.717) is 24.2 Å². The standard InChI is InChI=1S/C22H27N3O2S.C20H15NO2S.2C6F5.2C5H10.2CH3.Ti/c1-6-23-17-12-10-9-11-16(17)22(4,5)18(23)14-13-15-19(26)24(7-2)21(28)25(8-3)20(15)27;1-2-21-16-9-5-6-10-17(16)24-18(21)12-11-15-19(22)13-7-3-4-8-14(13)20(15)23;2*7-2-1-3(8)5(10)6(11)4(2)9;2*1-2-4-5-3-1;;;/h9-14H,6-8H2,1-5H3;3-12H,2H2,1H3;;;2*1-5H2;2*1H3;/q;;2*-1;;;2*-1;+4. The topological polar surface area (TPSA) is 81.2 Å². The predicted molar refractivity (Wildman–Crippen MR) is 322 cm³/mol. The van der Waals surface area contributed by atoms with Crippen LogP contribution >= 0.6 is 24.0 Å². The Morgan fingerprint density at radius 2 is 0.828 bits per heavy atom. The van der Waals surface area contributed by atoms with E-state index in [1.807, 2.05) is 50.3 Å². The van der Waals surface area contributed by atoms with Gasteiger partial charge in [0.25, 0.3) is 11.8 Å². The maximum Gasteiger partial charge on any atom is 4.00 e. The number of allylic oxidation sites excluding steroid dienone is 6. The number of likely N-dealkylation sites (N-methyl/N-ethyl adjacent to an activating group) is 3. The Bertz CT molecular complexity index is 3220. The zero-order valence-corrected chi connectivity index (χ0v) is 52.8. The maximum atomic E-state index is 12.9. The number of para-hydroxylation sites is 2. The Kier molecular flexibility index (Phi) is 29.4. The molecule has 87 heavy (non-hydrogen) atoms. The van der Waals surface area contributed by atoms with Gasteiger partial charge < -0.3 is 24.7 Å². The predicted octanol–water partition coefficient (Wildman–Crippen LogP) is 17.2. The number of fused-ring (bicyclic) bond motifs is 3. The maximum absolute atomic E-state index is 12.9. The van der Waals surface area contributed by atoms with Crippen LogP contribution in [0.1, 0.15) is 132 Å². The second-order valence-corrected chi connectivity index (χ2v) is 21.4. The molecule has 1 saturated heterocycles. The molecule has 0 aromatic heterocycles. The Balaban J connectivity index is 0.000000300. The molecule has 0 atom stereocenters. The number of rotatable bonds is 6. The van der Waals surface area contributed by atoms with Crippen molar-refractivity contribution < 1.29 is 84.8 Å². The van der Waals surface area contributed by atoms with Crippen LogP contribution < -0.4 is 9.80 Å². The first-order valence-corrected chi connectivity index (χ1v) is 28.7. The first-order valence-electron chi connectivity index (χ1n) is 27.5. The SMILES string of the molecule is C1CCCC1.C1CCCC1.CCN1C(=CC=C2C(=O)c3ccccc3C2=O)Sc2ccccc21.CCN1C(=O)C(=CC=C2N(CC)c3ccccc3C2(C)C)C(=O)N(CC)C1=S.Fc1[c-]c(F)c(F)c(F)c1F.Fc1[c-]c(F)c(F)c(F)c1F.[CH3-].[CH3-].[Ti+4]. The van der Waals surface area contributed by atoms with Gasteiger partial charge >= 0.3 is 21.7 Å². The van der Waals surface area contributed by atoms with Crippen molar-refractivity contribution in [1.82, 2.24) is 9.80 Å². The van der Waals surface area contributed by atoms with Gasteiger partial charge in [0.15, 0.2) is 16.7 Å². The van der Waals surface area contributed by atoms with E-state index in [2.05, 4.69) is 61.8 Å². The average Bonchev–Trinajstić information content (AvgIpc) is 1.77. The van der Waals surface area contributed by atoms with Gasteiger partial charge in [0.05, 0.1) is 74.5 Å². The summed E-state index contributed by atoms with van der Waals surface area (Å²) in [7, 11) is 0. The van der Waals surface area contributed by atoms with Gasteiger partial charge in [0.1, 0.15) is 5.57 Å². The molecule has 3 heterocycles. The first kappa shape index (κ1) is 74.6. The van der Waals surface area contributed by atoms with E-state index in [-0.39, 0.29) is 81.6 Å². The minimum Gasteiger partial charge on any atom is -0.358 e. The van der Waals surface area contributed by atoms with Gasteiger partial charge in [0.2, 0.25) is 0 Å². The van der Waals surface area contributed by atoms with E-state index in [4.69, 9.17) is 12.2 Å². The molecule has 2 saturated carbocycles. The zero-order chi connectivity index (χ0) is 61.6. The van der Waals surface area contributed by atoms with Crippen molar-refractivity contribution in [2.75, 3.05) is 36.0 Å². The zero-order valence-electron chi connectivity index (χ0n) is 49.7. The summed E-state index contributed by atoms with van der Waals surface area (Å²) in [6, 6.07) is 25.6. The second kappa shape index (κ2) is 34.2. The Hall–Kier alpha value is -6.61. The number of thioether (sulfide) groups is 1. The summed E-state index contributed by atoms with van der Waals surface area (Å²) in [5, 5.41) is 1.32. The third-order valence-electron chi connectivity index (χ3n) is 14.3. The number of nitrogens with zero attached hydrogens (tertiary/aromatic N) is 4. The van der Waals surface area contributed by atoms with E-state index >= 15 is 0 Å². The minimum absolute atomic E-state index is 0. The summed E-state index contributed by atoms with van der Waals surface area (Å²) in [6.45, 7) is 14.8. The number of Topliss-reactive ketones (excluding diaryl/α,β-unsaturated/α-hetero) is 2. The number of anilines is 2. The van der Waals surface area contributed by atoms with Crippen molar-refractivity contribution in [3.8, 4) is 0 Å². The number of benzene rings is 5. The molecule has 3 aliphatic carbocycles. The number of ketones is 2. The molecule has 5 aromatic carbocycles. The summed E-state index contributed by atoms with van der Waals surface area (Å²) in [5.41, 5.74) is 5.86. The molecule has 0 radical (unpaired) electrons. The minimum atomic E-state index is -2.17.